The van der Waals surface area contributed by atoms with Crippen LogP contribution in [0.4, 0.5) is 11.6 Å². The number of anilines is 2. The van der Waals surface area contributed by atoms with Crippen molar-refractivity contribution in [2.24, 2.45) is 5.92 Å². The van der Waals surface area contributed by atoms with Crippen LogP contribution >= 0.6 is 11.5 Å². The molecule has 5 rings (SSSR count). The molecule has 2 heterocycles. The average molecular weight is 452 g/mol. The third kappa shape index (κ3) is 4.12. The second-order valence-electron chi connectivity index (χ2n) is 7.26. The van der Waals surface area contributed by atoms with Gasteiger partial charge in [-0.25, -0.2) is 23.1 Å². The lowest BCUT2D eigenvalue weighted by atomic mass is 10.1. The van der Waals surface area contributed by atoms with Crippen LogP contribution in [-0.2, 0) is 14.8 Å². The zero-order valence-corrected chi connectivity index (χ0v) is 17.7. The molecule has 31 heavy (non-hydrogen) atoms. The van der Waals surface area contributed by atoms with Crippen molar-refractivity contribution < 1.29 is 13.2 Å². The molecule has 1 fully saturated rings. The summed E-state index contributed by atoms with van der Waals surface area (Å²) in [6, 6.07) is 13.9. The fourth-order valence-corrected chi connectivity index (χ4v) is 5.09. The Kier molecular flexibility index (Phi) is 4.87. The lowest BCUT2D eigenvalue weighted by Gasteiger charge is -2.08. The first-order chi connectivity index (χ1) is 15.0. The maximum absolute atomic E-state index is 12.6. The molecule has 10 heteroatoms. The molecule has 0 radical (unpaired) electrons. The molecule has 0 bridgehead atoms. The highest BCUT2D eigenvalue weighted by Gasteiger charge is 2.44. The molecule has 1 aliphatic carbocycles. The quantitative estimate of drug-likeness (QED) is 0.463. The number of nitrogens with zero attached hydrogens (tertiary/aromatic N) is 3. The lowest BCUT2D eigenvalue weighted by molar-refractivity contribution is -0.117. The summed E-state index contributed by atoms with van der Waals surface area (Å²) in [5, 5.41) is 4.02. The third-order valence-corrected chi connectivity index (χ3v) is 7.27. The molecule has 156 valence electrons. The molecular weight excluding hydrogens is 434 g/mol. The van der Waals surface area contributed by atoms with Gasteiger partial charge in [0, 0.05) is 35.6 Å². The first kappa shape index (κ1) is 19.6. The Hall–Kier alpha value is -3.37. The first-order valence-corrected chi connectivity index (χ1v) is 11.8. The molecule has 4 aromatic rings. The largest absolute Gasteiger partial charge is 0.326 e. The number of amides is 1. The van der Waals surface area contributed by atoms with Gasteiger partial charge in [0.15, 0.2) is 0 Å². The van der Waals surface area contributed by atoms with Crippen LogP contribution in [0.5, 0.6) is 0 Å². The average Bonchev–Trinajstić information content (AvgIpc) is 3.44. The number of rotatable bonds is 6. The van der Waals surface area contributed by atoms with E-state index in [1.54, 1.807) is 24.4 Å². The molecule has 2 aromatic carbocycles. The molecule has 1 amide bonds. The van der Waals surface area contributed by atoms with Crippen LogP contribution in [0, 0.1) is 5.92 Å². The third-order valence-electron chi connectivity index (χ3n) is 5.16. The monoisotopic (exact) mass is 451 g/mol. The van der Waals surface area contributed by atoms with Gasteiger partial charge >= 0.3 is 0 Å². The van der Waals surface area contributed by atoms with Crippen LogP contribution in [0.15, 0.2) is 72.0 Å². The van der Waals surface area contributed by atoms with E-state index in [4.69, 9.17) is 0 Å². The fraction of sp³-hybridized carbons (Fsp3) is 0.143. The van der Waals surface area contributed by atoms with Gasteiger partial charge in [-0.1, -0.05) is 12.1 Å². The summed E-state index contributed by atoms with van der Waals surface area (Å²) in [6.07, 6.45) is 5.45. The molecular formula is C21H17N5O3S2. The van der Waals surface area contributed by atoms with E-state index in [0.717, 1.165) is 27.8 Å². The topological polar surface area (TPSA) is 114 Å². The molecule has 0 unspecified atom stereocenters. The predicted molar refractivity (Wildman–Crippen MR) is 118 cm³/mol. The number of sulfonamides is 1. The summed E-state index contributed by atoms with van der Waals surface area (Å²) < 4.78 is 32.5. The Morgan fingerprint density at radius 3 is 2.61 bits per heavy atom. The smallest absolute Gasteiger partial charge is 0.264 e. The molecule has 2 atom stereocenters. The van der Waals surface area contributed by atoms with Gasteiger partial charge in [0.1, 0.15) is 0 Å². The van der Waals surface area contributed by atoms with E-state index in [-0.39, 0.29) is 28.6 Å². The van der Waals surface area contributed by atoms with E-state index in [1.807, 2.05) is 18.2 Å². The highest BCUT2D eigenvalue weighted by atomic mass is 32.2. The van der Waals surface area contributed by atoms with E-state index >= 15 is 0 Å². The molecule has 2 aromatic heterocycles. The van der Waals surface area contributed by atoms with Crippen molar-refractivity contribution in [1.82, 2.24) is 14.3 Å². The Balaban J connectivity index is 1.24. The summed E-state index contributed by atoms with van der Waals surface area (Å²) in [5.41, 5.74) is 1.69. The Bertz CT molecular complexity index is 1350. The van der Waals surface area contributed by atoms with Crippen molar-refractivity contribution in [2.45, 2.75) is 17.2 Å². The molecule has 0 saturated heterocycles. The van der Waals surface area contributed by atoms with Crippen molar-refractivity contribution in [3.8, 4) is 0 Å². The van der Waals surface area contributed by atoms with Gasteiger partial charge in [-0.2, -0.15) is 4.37 Å². The summed E-state index contributed by atoms with van der Waals surface area (Å²) in [4.78, 5) is 20.5. The van der Waals surface area contributed by atoms with Crippen LogP contribution in [0.25, 0.3) is 10.1 Å². The normalized spacial score (nSPS) is 17.9. The van der Waals surface area contributed by atoms with Gasteiger partial charge in [0.2, 0.25) is 11.9 Å². The number of hydrogen-bond acceptors (Lipinski definition) is 7. The minimum atomic E-state index is -3.78. The van der Waals surface area contributed by atoms with E-state index in [2.05, 4.69) is 24.4 Å². The van der Waals surface area contributed by atoms with E-state index < -0.39 is 10.0 Å². The number of fused-ring (bicyclic) bond motifs is 1. The fourth-order valence-electron chi connectivity index (χ4n) is 3.45. The van der Waals surface area contributed by atoms with Crippen LogP contribution in [-0.4, -0.2) is 28.7 Å². The van der Waals surface area contributed by atoms with Crippen LogP contribution in [0.2, 0.25) is 0 Å². The highest BCUT2D eigenvalue weighted by molar-refractivity contribution is 7.92. The molecule has 1 saturated carbocycles. The molecule has 0 aliphatic heterocycles. The van der Waals surface area contributed by atoms with Crippen LogP contribution < -0.4 is 10.0 Å². The highest BCUT2D eigenvalue weighted by Crippen LogP contribution is 2.48. The van der Waals surface area contributed by atoms with Crippen molar-refractivity contribution in [3.63, 3.8) is 0 Å². The van der Waals surface area contributed by atoms with Crippen LogP contribution in [0.3, 0.4) is 0 Å². The summed E-state index contributed by atoms with van der Waals surface area (Å²) in [5.74, 6) is -0.0692. The standard InChI is InChI=1S/C21H17N5O3S2/c27-20(25-15-5-2-14-12-24-30-19(14)10-15)18-11-17(18)13-3-6-16(7-4-13)31(28,29)26-21-22-8-1-9-23-21/h1-10,12,17-18H,11H2,(H,25,27)(H,22,23,26)/t17-,18+/m0/s1. The Morgan fingerprint density at radius 1 is 1.06 bits per heavy atom. The Morgan fingerprint density at radius 2 is 1.84 bits per heavy atom. The maximum atomic E-state index is 12.6. The van der Waals surface area contributed by atoms with Crippen molar-refractivity contribution in [2.75, 3.05) is 10.0 Å². The Labute approximate surface area is 182 Å². The summed E-state index contributed by atoms with van der Waals surface area (Å²) in [6.45, 7) is 0. The van der Waals surface area contributed by atoms with Gasteiger partial charge in [-0.05, 0) is 65.8 Å². The summed E-state index contributed by atoms with van der Waals surface area (Å²) in [7, 11) is -3.78. The number of carbonyl (C=O) groups is 1. The minimum absolute atomic E-state index is 0.0158. The van der Waals surface area contributed by atoms with Crippen LogP contribution in [0.1, 0.15) is 17.9 Å². The minimum Gasteiger partial charge on any atom is -0.326 e. The zero-order valence-electron chi connectivity index (χ0n) is 16.1. The second kappa shape index (κ2) is 7.71. The number of aromatic nitrogens is 3. The zero-order chi connectivity index (χ0) is 21.4. The van der Waals surface area contributed by atoms with Gasteiger partial charge in [0.05, 0.1) is 9.60 Å². The van der Waals surface area contributed by atoms with E-state index in [9.17, 15) is 13.2 Å². The lowest BCUT2D eigenvalue weighted by Crippen LogP contribution is -2.15. The number of carbonyl (C=O) groups excluding carboxylic acids is 1. The second-order valence-corrected chi connectivity index (χ2v) is 9.78. The maximum Gasteiger partial charge on any atom is 0.264 e. The summed E-state index contributed by atoms with van der Waals surface area (Å²) >= 11 is 1.39. The number of benzene rings is 2. The van der Waals surface area contributed by atoms with Crippen molar-refractivity contribution >= 4 is 49.2 Å². The molecule has 0 spiro atoms. The molecule has 1 aliphatic rings. The van der Waals surface area contributed by atoms with E-state index in [0.29, 0.717) is 0 Å². The van der Waals surface area contributed by atoms with Gasteiger partial charge in [-0.3, -0.25) is 4.79 Å². The first-order valence-electron chi connectivity index (χ1n) is 9.55. The molecule has 8 nitrogen and oxygen atoms in total. The number of hydrogen-bond donors (Lipinski definition) is 2. The van der Waals surface area contributed by atoms with Gasteiger partial charge in [-0.15, -0.1) is 0 Å². The van der Waals surface area contributed by atoms with Crippen molar-refractivity contribution in [1.29, 1.82) is 0 Å². The number of nitrogens with one attached hydrogen (secondary N) is 2. The van der Waals surface area contributed by atoms with Gasteiger partial charge < -0.3 is 5.32 Å². The van der Waals surface area contributed by atoms with Gasteiger partial charge in [0.25, 0.3) is 10.0 Å². The molecule has 2 N–H and O–H groups in total. The van der Waals surface area contributed by atoms with Crippen molar-refractivity contribution in [3.05, 3.63) is 72.7 Å². The SMILES string of the molecule is O=C(Nc1ccc2cnsc2c1)[C@@H]1C[C@H]1c1ccc(S(=O)(=O)Nc2ncccn2)cc1. The predicted octanol–water partition coefficient (Wildman–Crippen LogP) is 3.63. The van der Waals surface area contributed by atoms with E-state index in [1.165, 1.54) is 36.1 Å².